The zero-order valence-electron chi connectivity index (χ0n) is 13.5. The lowest BCUT2D eigenvalue weighted by atomic mass is 10.0. The second-order valence-corrected chi connectivity index (χ2v) is 5.87. The number of hydrogen-bond acceptors (Lipinski definition) is 3. The summed E-state index contributed by atoms with van der Waals surface area (Å²) in [7, 11) is 0. The molecule has 0 aliphatic heterocycles. The molecule has 0 saturated heterocycles. The van der Waals surface area contributed by atoms with Crippen molar-refractivity contribution < 1.29 is 9.21 Å². The van der Waals surface area contributed by atoms with Gasteiger partial charge in [0.05, 0.1) is 19.0 Å². The number of benzene rings is 1. The number of aromatic nitrogens is 2. The molecule has 0 fully saturated rings. The monoisotopic (exact) mass is 311 g/mol. The van der Waals surface area contributed by atoms with E-state index in [4.69, 9.17) is 4.42 Å². The predicted molar refractivity (Wildman–Crippen MR) is 89.2 cm³/mol. The summed E-state index contributed by atoms with van der Waals surface area (Å²) in [6.07, 6.45) is 8.38. The third-order valence-electron chi connectivity index (χ3n) is 4.10. The highest BCUT2D eigenvalue weighted by molar-refractivity contribution is 5.88. The molecule has 2 aromatic heterocycles. The lowest BCUT2D eigenvalue weighted by molar-refractivity contribution is -0.120. The van der Waals surface area contributed by atoms with E-state index in [0.717, 1.165) is 29.5 Å². The lowest BCUT2D eigenvalue weighted by Gasteiger charge is -2.05. The van der Waals surface area contributed by atoms with Crippen LogP contribution in [0.1, 0.15) is 23.1 Å². The van der Waals surface area contributed by atoms with Crippen LogP contribution in [-0.4, -0.2) is 22.0 Å². The molecular formula is C18H21N3O2. The summed E-state index contributed by atoms with van der Waals surface area (Å²) in [4.78, 5) is 16.1. The van der Waals surface area contributed by atoms with E-state index in [1.54, 1.807) is 18.8 Å². The zero-order chi connectivity index (χ0) is 16.2. The number of hydrogen-bond donors (Lipinski definition) is 1. The van der Waals surface area contributed by atoms with Gasteiger partial charge in [-0.3, -0.25) is 4.79 Å². The molecule has 0 bridgehead atoms. The Labute approximate surface area is 135 Å². The lowest BCUT2D eigenvalue weighted by Crippen LogP contribution is -2.26. The molecule has 0 radical (unpaired) electrons. The van der Waals surface area contributed by atoms with Crippen LogP contribution in [0.25, 0.3) is 11.0 Å². The van der Waals surface area contributed by atoms with Gasteiger partial charge in [-0.05, 0) is 43.5 Å². The van der Waals surface area contributed by atoms with Crippen LogP contribution in [0.5, 0.6) is 0 Å². The van der Waals surface area contributed by atoms with Gasteiger partial charge < -0.3 is 14.3 Å². The molecule has 0 unspecified atom stereocenters. The first-order valence-electron chi connectivity index (χ1n) is 7.83. The van der Waals surface area contributed by atoms with Gasteiger partial charge >= 0.3 is 0 Å². The van der Waals surface area contributed by atoms with Crippen LogP contribution in [0.4, 0.5) is 0 Å². The number of carbonyl (C=O) groups excluding carboxylic acids is 1. The Hall–Kier alpha value is -2.56. The van der Waals surface area contributed by atoms with Crippen LogP contribution in [0.15, 0.2) is 41.5 Å². The molecule has 0 aliphatic rings. The van der Waals surface area contributed by atoms with Gasteiger partial charge in [-0.15, -0.1) is 0 Å². The molecular weight excluding hydrogens is 290 g/mol. The van der Waals surface area contributed by atoms with Crippen molar-refractivity contribution in [3.05, 3.63) is 53.8 Å². The van der Waals surface area contributed by atoms with Crippen molar-refractivity contribution in [2.45, 2.75) is 33.2 Å². The minimum atomic E-state index is 0.0246. The normalized spacial score (nSPS) is 11.0. The fraction of sp³-hybridized carbons (Fsp3) is 0.333. The quantitative estimate of drug-likeness (QED) is 0.712. The summed E-state index contributed by atoms with van der Waals surface area (Å²) in [6.45, 7) is 5.64. The summed E-state index contributed by atoms with van der Waals surface area (Å²) in [5, 5.41) is 3.99. The number of furan rings is 1. The Balaban J connectivity index is 1.54. The third kappa shape index (κ3) is 3.62. The van der Waals surface area contributed by atoms with Crippen LogP contribution in [0.3, 0.4) is 0 Å². The molecule has 3 aromatic rings. The number of nitrogens with zero attached hydrogens (tertiary/aromatic N) is 2. The average Bonchev–Trinajstić information content (AvgIpc) is 3.16. The van der Waals surface area contributed by atoms with Gasteiger partial charge in [-0.2, -0.15) is 0 Å². The fourth-order valence-corrected chi connectivity index (χ4v) is 2.62. The molecule has 23 heavy (non-hydrogen) atoms. The second kappa shape index (κ2) is 6.69. The molecule has 120 valence electrons. The summed E-state index contributed by atoms with van der Waals surface area (Å²) < 4.78 is 7.57. The number of carbonyl (C=O) groups is 1. The van der Waals surface area contributed by atoms with Crippen molar-refractivity contribution >= 4 is 16.9 Å². The highest BCUT2D eigenvalue weighted by Crippen LogP contribution is 2.25. The maximum absolute atomic E-state index is 12.1. The fourth-order valence-electron chi connectivity index (χ4n) is 2.62. The van der Waals surface area contributed by atoms with Gasteiger partial charge in [-0.25, -0.2) is 4.98 Å². The zero-order valence-corrected chi connectivity index (χ0v) is 13.5. The minimum Gasteiger partial charge on any atom is -0.464 e. The maximum atomic E-state index is 12.1. The van der Waals surface area contributed by atoms with Crippen molar-refractivity contribution in [1.29, 1.82) is 0 Å². The Bertz CT molecular complexity index is 803. The van der Waals surface area contributed by atoms with E-state index in [9.17, 15) is 4.79 Å². The van der Waals surface area contributed by atoms with Gasteiger partial charge in [0.1, 0.15) is 5.58 Å². The summed E-state index contributed by atoms with van der Waals surface area (Å²) in [5.74, 6) is 0.0246. The van der Waals surface area contributed by atoms with Crippen LogP contribution < -0.4 is 5.32 Å². The van der Waals surface area contributed by atoms with Crippen molar-refractivity contribution in [2.75, 3.05) is 6.54 Å². The number of imidazole rings is 1. The van der Waals surface area contributed by atoms with Crippen molar-refractivity contribution in [2.24, 2.45) is 0 Å². The van der Waals surface area contributed by atoms with Gasteiger partial charge in [0.2, 0.25) is 5.91 Å². The van der Waals surface area contributed by atoms with Gasteiger partial charge in [-0.1, -0.05) is 0 Å². The third-order valence-corrected chi connectivity index (χ3v) is 4.10. The van der Waals surface area contributed by atoms with Crippen molar-refractivity contribution in [3.8, 4) is 0 Å². The van der Waals surface area contributed by atoms with E-state index in [0.29, 0.717) is 13.0 Å². The molecule has 0 saturated carbocycles. The number of nitrogens with one attached hydrogen (secondary N) is 1. The first-order valence-corrected chi connectivity index (χ1v) is 7.83. The SMILES string of the molecule is Cc1cc2occ(CC(=O)NCCCn3ccnc3)c2cc1C. The molecule has 0 spiro atoms. The average molecular weight is 311 g/mol. The molecule has 5 nitrogen and oxygen atoms in total. The number of fused-ring (bicyclic) bond motifs is 1. The Kier molecular flexibility index (Phi) is 4.46. The highest BCUT2D eigenvalue weighted by Gasteiger charge is 2.11. The summed E-state index contributed by atoms with van der Waals surface area (Å²) in [6, 6.07) is 4.12. The number of amides is 1. The predicted octanol–water partition coefficient (Wildman–Crippen LogP) is 3.00. The number of aryl methyl sites for hydroxylation is 3. The van der Waals surface area contributed by atoms with E-state index in [-0.39, 0.29) is 5.91 Å². The molecule has 1 N–H and O–H groups in total. The van der Waals surface area contributed by atoms with Crippen LogP contribution in [-0.2, 0) is 17.8 Å². The van der Waals surface area contributed by atoms with E-state index in [1.807, 2.05) is 16.8 Å². The minimum absolute atomic E-state index is 0.0246. The van der Waals surface area contributed by atoms with Crippen LogP contribution in [0.2, 0.25) is 0 Å². The summed E-state index contributed by atoms with van der Waals surface area (Å²) >= 11 is 0. The Morgan fingerprint density at radius 2 is 2.13 bits per heavy atom. The highest BCUT2D eigenvalue weighted by atomic mass is 16.3. The van der Waals surface area contributed by atoms with Crippen molar-refractivity contribution in [3.63, 3.8) is 0 Å². The summed E-state index contributed by atoms with van der Waals surface area (Å²) in [5.41, 5.74) is 4.19. The van der Waals surface area contributed by atoms with Crippen molar-refractivity contribution in [1.82, 2.24) is 14.9 Å². The van der Waals surface area contributed by atoms with E-state index < -0.39 is 0 Å². The van der Waals surface area contributed by atoms with E-state index in [2.05, 4.69) is 30.2 Å². The Morgan fingerprint density at radius 1 is 1.30 bits per heavy atom. The smallest absolute Gasteiger partial charge is 0.224 e. The van der Waals surface area contributed by atoms with Gasteiger partial charge in [0.25, 0.3) is 0 Å². The first kappa shape index (κ1) is 15.3. The Morgan fingerprint density at radius 3 is 2.91 bits per heavy atom. The molecule has 0 atom stereocenters. The van der Waals surface area contributed by atoms with E-state index >= 15 is 0 Å². The molecule has 2 heterocycles. The molecule has 1 amide bonds. The molecule has 1 aromatic carbocycles. The second-order valence-electron chi connectivity index (χ2n) is 5.87. The van der Waals surface area contributed by atoms with E-state index in [1.165, 1.54) is 11.1 Å². The molecule has 0 aliphatic carbocycles. The van der Waals surface area contributed by atoms with Gasteiger partial charge in [0, 0.05) is 36.4 Å². The topological polar surface area (TPSA) is 60.1 Å². The largest absolute Gasteiger partial charge is 0.464 e. The van der Waals surface area contributed by atoms with Gasteiger partial charge in [0.15, 0.2) is 0 Å². The first-order chi connectivity index (χ1) is 11.1. The standard InChI is InChI=1S/C18H21N3O2/c1-13-8-16-15(11-23-17(16)9-14(13)2)10-18(22)20-4-3-6-21-7-5-19-12-21/h5,7-9,11-12H,3-4,6,10H2,1-2H3,(H,20,22). The van der Waals surface area contributed by atoms with Crippen LogP contribution in [0, 0.1) is 13.8 Å². The number of rotatable bonds is 6. The molecule has 5 heteroatoms. The maximum Gasteiger partial charge on any atom is 0.224 e. The van der Waals surface area contributed by atoms with Crippen LogP contribution >= 0.6 is 0 Å². The molecule has 3 rings (SSSR count).